The van der Waals surface area contributed by atoms with Gasteiger partial charge < -0.3 is 19.5 Å². The van der Waals surface area contributed by atoms with Crippen molar-refractivity contribution in [1.82, 2.24) is 14.3 Å². The van der Waals surface area contributed by atoms with Crippen molar-refractivity contribution in [2.24, 2.45) is 0 Å². The highest BCUT2D eigenvalue weighted by Crippen LogP contribution is 2.36. The normalized spacial score (nSPS) is 15.9. The van der Waals surface area contributed by atoms with E-state index in [0.717, 1.165) is 17.5 Å². The van der Waals surface area contributed by atoms with Crippen LogP contribution < -0.4 is 20.3 Å². The number of pyridine rings is 1. The van der Waals surface area contributed by atoms with E-state index in [-0.39, 0.29) is 24.8 Å². The van der Waals surface area contributed by atoms with Crippen LogP contribution >= 0.6 is 24.0 Å². The van der Waals surface area contributed by atoms with Crippen molar-refractivity contribution >= 4 is 51.7 Å². The summed E-state index contributed by atoms with van der Waals surface area (Å²) >= 11 is 6.68. The number of aryl methyl sites for hydroxylation is 1. The SMILES string of the molecule is COCCCNc1nc2c(C)cccn2c(=O)c1/C=C1\SC(=S)N(Cc2ccc3c(c2)OCO3)C1=O. The molecule has 0 aliphatic carbocycles. The number of amides is 1. The average Bonchev–Trinajstić information content (AvgIpc) is 3.44. The maximum atomic E-state index is 13.5. The van der Waals surface area contributed by atoms with Gasteiger partial charge in [0.05, 0.1) is 17.0 Å². The fraction of sp³-hybridized carbons (Fsp3) is 0.280. The second-order valence-corrected chi connectivity index (χ2v) is 9.97. The summed E-state index contributed by atoms with van der Waals surface area (Å²) in [5.41, 5.74) is 2.33. The van der Waals surface area contributed by atoms with Crippen LogP contribution in [-0.4, -0.2) is 51.6 Å². The van der Waals surface area contributed by atoms with Gasteiger partial charge in [-0.2, -0.15) is 0 Å². The van der Waals surface area contributed by atoms with Gasteiger partial charge in [-0.1, -0.05) is 36.1 Å². The van der Waals surface area contributed by atoms with Gasteiger partial charge in [0, 0.05) is 26.5 Å². The maximum Gasteiger partial charge on any atom is 0.267 e. The van der Waals surface area contributed by atoms with Crippen molar-refractivity contribution in [3.63, 3.8) is 0 Å². The number of methoxy groups -OCH3 is 1. The van der Waals surface area contributed by atoms with E-state index in [1.165, 1.54) is 21.1 Å². The molecule has 1 saturated heterocycles. The van der Waals surface area contributed by atoms with Crippen LogP contribution in [0.2, 0.25) is 0 Å². The first-order valence-electron chi connectivity index (χ1n) is 11.3. The minimum atomic E-state index is -0.265. The number of carbonyl (C=O) groups is 1. The number of thioether (sulfide) groups is 1. The standard InChI is InChI=1S/C25H24N4O5S2/c1-15-5-3-9-28-22(15)27-21(26-8-4-10-32-2)17(23(28)30)12-20-24(31)29(25(35)36-20)13-16-6-7-18-19(11-16)34-14-33-18/h3,5-7,9,11-12,26H,4,8,10,13-14H2,1-2H3/b20-12-. The Labute approximate surface area is 217 Å². The molecule has 2 aliphatic rings. The van der Waals surface area contributed by atoms with Gasteiger partial charge in [0.2, 0.25) is 6.79 Å². The van der Waals surface area contributed by atoms with Crippen LogP contribution in [0.25, 0.3) is 11.7 Å². The van der Waals surface area contributed by atoms with Gasteiger partial charge in [0.1, 0.15) is 15.8 Å². The third kappa shape index (κ3) is 4.69. The monoisotopic (exact) mass is 524 g/mol. The molecule has 36 heavy (non-hydrogen) atoms. The Morgan fingerprint density at radius 3 is 2.92 bits per heavy atom. The first-order chi connectivity index (χ1) is 17.5. The molecule has 3 aromatic rings. The number of ether oxygens (including phenoxy) is 3. The second kappa shape index (κ2) is 10.3. The van der Waals surface area contributed by atoms with Gasteiger partial charge in [-0.3, -0.25) is 18.9 Å². The lowest BCUT2D eigenvalue weighted by Gasteiger charge is -2.15. The number of thiocarbonyl (C=S) groups is 1. The third-order valence-electron chi connectivity index (χ3n) is 5.83. The lowest BCUT2D eigenvalue weighted by molar-refractivity contribution is -0.122. The number of hydrogen-bond donors (Lipinski definition) is 1. The number of carbonyl (C=O) groups excluding carboxylic acids is 1. The molecule has 1 amide bonds. The maximum absolute atomic E-state index is 13.5. The summed E-state index contributed by atoms with van der Waals surface area (Å²) in [7, 11) is 1.64. The Hall–Kier alpha value is -3.41. The Kier molecular flexibility index (Phi) is 6.95. The molecular formula is C25H24N4O5S2. The molecule has 0 atom stereocenters. The number of hydrogen-bond acceptors (Lipinski definition) is 9. The third-order valence-corrected chi connectivity index (χ3v) is 7.21. The number of benzene rings is 1. The summed E-state index contributed by atoms with van der Waals surface area (Å²) in [5.74, 6) is 1.48. The van der Waals surface area contributed by atoms with Crippen LogP contribution in [0, 0.1) is 6.92 Å². The van der Waals surface area contributed by atoms with Crippen molar-refractivity contribution < 1.29 is 19.0 Å². The van der Waals surface area contributed by atoms with Crippen molar-refractivity contribution in [2.75, 3.05) is 32.4 Å². The van der Waals surface area contributed by atoms with E-state index in [9.17, 15) is 9.59 Å². The highest BCUT2D eigenvalue weighted by molar-refractivity contribution is 8.26. The minimum Gasteiger partial charge on any atom is -0.454 e. The van der Waals surface area contributed by atoms with Crippen molar-refractivity contribution in [3.05, 3.63) is 68.5 Å². The average molecular weight is 525 g/mol. The summed E-state index contributed by atoms with van der Waals surface area (Å²) in [4.78, 5) is 33.4. The van der Waals surface area contributed by atoms with Gasteiger partial charge in [-0.25, -0.2) is 4.98 Å². The molecule has 2 aromatic heterocycles. The van der Waals surface area contributed by atoms with E-state index in [4.69, 9.17) is 31.4 Å². The zero-order valence-electron chi connectivity index (χ0n) is 19.8. The molecule has 0 saturated carbocycles. The van der Waals surface area contributed by atoms with Gasteiger partial charge in [0.15, 0.2) is 11.5 Å². The summed E-state index contributed by atoms with van der Waals surface area (Å²) in [6.45, 7) is 3.51. The molecule has 186 valence electrons. The molecule has 4 heterocycles. The van der Waals surface area contributed by atoms with E-state index < -0.39 is 0 Å². The summed E-state index contributed by atoms with van der Waals surface area (Å²) in [5, 5.41) is 3.24. The van der Waals surface area contributed by atoms with E-state index in [1.54, 1.807) is 25.4 Å². The van der Waals surface area contributed by atoms with E-state index in [1.807, 2.05) is 31.2 Å². The summed E-state index contributed by atoms with van der Waals surface area (Å²) < 4.78 is 17.8. The van der Waals surface area contributed by atoms with Crippen LogP contribution in [0.5, 0.6) is 11.5 Å². The first-order valence-corrected chi connectivity index (χ1v) is 12.6. The molecule has 9 nitrogen and oxygen atoms in total. The van der Waals surface area contributed by atoms with Gasteiger partial charge >= 0.3 is 0 Å². The molecule has 1 N–H and O–H groups in total. The molecule has 11 heteroatoms. The molecular weight excluding hydrogens is 500 g/mol. The lowest BCUT2D eigenvalue weighted by atomic mass is 10.2. The van der Waals surface area contributed by atoms with Crippen LogP contribution in [0.3, 0.4) is 0 Å². The summed E-state index contributed by atoms with van der Waals surface area (Å²) in [6, 6.07) is 9.23. The molecule has 0 spiro atoms. The van der Waals surface area contributed by atoms with Gasteiger partial charge in [-0.05, 0) is 48.7 Å². The topological polar surface area (TPSA) is 94.4 Å². The summed E-state index contributed by atoms with van der Waals surface area (Å²) in [6.07, 6.45) is 4.00. The highest BCUT2D eigenvalue weighted by Gasteiger charge is 2.33. The van der Waals surface area contributed by atoms with Crippen LogP contribution in [0.1, 0.15) is 23.1 Å². The number of aromatic nitrogens is 2. The van der Waals surface area contributed by atoms with E-state index in [0.29, 0.717) is 50.9 Å². The smallest absolute Gasteiger partial charge is 0.267 e. The van der Waals surface area contributed by atoms with Crippen LogP contribution in [0.4, 0.5) is 5.82 Å². The lowest BCUT2D eigenvalue weighted by Crippen LogP contribution is -2.27. The molecule has 0 unspecified atom stereocenters. The Bertz CT molecular complexity index is 1450. The fourth-order valence-electron chi connectivity index (χ4n) is 3.99. The number of anilines is 1. The van der Waals surface area contributed by atoms with Crippen LogP contribution in [-0.2, 0) is 16.1 Å². The van der Waals surface area contributed by atoms with E-state index in [2.05, 4.69) is 5.32 Å². The quantitative estimate of drug-likeness (QED) is 0.270. The molecule has 0 bridgehead atoms. The number of nitrogens with zero attached hydrogens (tertiary/aromatic N) is 3. The molecule has 2 aliphatic heterocycles. The molecule has 1 fully saturated rings. The molecule has 0 radical (unpaired) electrons. The second-order valence-electron chi connectivity index (χ2n) is 8.29. The van der Waals surface area contributed by atoms with Gasteiger partial charge in [0.25, 0.3) is 11.5 Å². The molecule has 1 aromatic carbocycles. The van der Waals surface area contributed by atoms with Crippen LogP contribution in [0.15, 0.2) is 46.2 Å². The van der Waals surface area contributed by atoms with Crippen molar-refractivity contribution in [3.8, 4) is 11.5 Å². The Morgan fingerprint density at radius 1 is 1.25 bits per heavy atom. The molecule has 5 rings (SSSR count). The van der Waals surface area contributed by atoms with Crippen molar-refractivity contribution in [1.29, 1.82) is 0 Å². The van der Waals surface area contributed by atoms with Crippen molar-refractivity contribution in [2.45, 2.75) is 19.9 Å². The predicted molar refractivity (Wildman–Crippen MR) is 142 cm³/mol. The number of fused-ring (bicyclic) bond motifs is 2. The number of nitrogens with one attached hydrogen (secondary N) is 1. The fourth-order valence-corrected chi connectivity index (χ4v) is 5.23. The predicted octanol–water partition coefficient (Wildman–Crippen LogP) is 3.58. The minimum absolute atomic E-state index is 0.180. The number of rotatable bonds is 8. The van der Waals surface area contributed by atoms with Gasteiger partial charge in [-0.15, -0.1) is 0 Å². The highest BCUT2D eigenvalue weighted by atomic mass is 32.2. The first kappa shape index (κ1) is 24.3. The largest absolute Gasteiger partial charge is 0.454 e. The Balaban J connectivity index is 1.47. The zero-order valence-corrected chi connectivity index (χ0v) is 21.4. The van der Waals surface area contributed by atoms with E-state index >= 15 is 0 Å². The zero-order chi connectivity index (χ0) is 25.2. The Morgan fingerprint density at radius 2 is 2.08 bits per heavy atom.